The Morgan fingerprint density at radius 1 is 0.385 bits per heavy atom. The summed E-state index contributed by atoms with van der Waals surface area (Å²) in [6, 6.07) is 35.7. The van der Waals surface area contributed by atoms with Crippen LogP contribution in [-0.2, 0) is 85.7 Å². The number of ketones is 4. The van der Waals surface area contributed by atoms with Crippen molar-refractivity contribution in [3.05, 3.63) is 225 Å². The Balaban J connectivity index is 0.000000135. The number of Topliss-reactive ketones (excluding diaryl/α,β-unsaturated/α-hetero) is 4. The zero-order chi connectivity index (χ0) is 84.0. The second kappa shape index (κ2) is 33.2. The highest BCUT2D eigenvalue weighted by Crippen LogP contribution is 2.77. The molecule has 8 bridgehead atoms. The van der Waals surface area contributed by atoms with Crippen LogP contribution in [0.5, 0.6) is 5.88 Å². The molecular weight excluding hydrogens is 1510 g/mol. The maximum atomic E-state index is 14.7. The molecule has 20 rings (SSSR count). The summed E-state index contributed by atoms with van der Waals surface area (Å²) in [4.78, 5) is 121. The van der Waals surface area contributed by atoms with Crippen LogP contribution in [0.3, 0.4) is 0 Å². The molecule has 614 valence electrons. The van der Waals surface area contributed by atoms with Crippen LogP contribution in [0.1, 0.15) is 206 Å². The number of carbonyl (C=O) groups is 8. The first-order chi connectivity index (χ1) is 55.7. The third kappa shape index (κ3) is 15.8. The molecule has 0 radical (unpaired) electrons. The lowest BCUT2D eigenvalue weighted by Crippen LogP contribution is -2.67. The zero-order valence-corrected chi connectivity index (χ0v) is 69.3. The van der Waals surface area contributed by atoms with E-state index in [1.807, 2.05) is 79.7 Å². The van der Waals surface area contributed by atoms with Crippen molar-refractivity contribution in [1.82, 2.24) is 19.9 Å². The maximum absolute atomic E-state index is 14.7. The molecule has 4 aromatic carbocycles. The number of nitrogen functional groups attached to an aromatic ring is 1. The largest absolute Gasteiger partial charge is 0.481 e. The number of amides is 4. The van der Waals surface area contributed by atoms with Gasteiger partial charge in [-0.1, -0.05) is 87.8 Å². The Hall–Kier alpha value is -10.4. The number of benzene rings is 4. The van der Waals surface area contributed by atoms with E-state index < -0.39 is 0 Å². The number of hydrogen-bond donors (Lipinski definition) is 1. The second-order valence-electron chi connectivity index (χ2n) is 34.4. The average Bonchev–Trinajstić information content (AvgIpc) is 0.685. The number of halogens is 5. The minimum atomic E-state index is -0.386. The third-order valence-electron chi connectivity index (χ3n) is 27.3. The Bertz CT molecular complexity index is 4790. The van der Waals surface area contributed by atoms with Crippen molar-refractivity contribution in [2.24, 2.45) is 21.7 Å². The molecule has 18 nitrogen and oxygen atoms in total. The molecule has 117 heavy (non-hydrogen) atoms. The SMILES string of the molecule is CCC(=O)N(C)c1ccc(C23CC(C(=O)CCc4cccnc4C)(C2)C3)cc1F.CCC(=O)N(C)c1ccc(C23CC(C(=O)CCc4cccnc4Cl)(C2)C3)cc1F.CCC(=O)N(C)c1ccc(C23CC(C(=O)CCc4cccnc4N)(C2)C3)cc1F.CCC(=O)N(C)c1ccc(C23CC(C(=O)CCc4cccnc4OC)(C2)C3)cc1F. The number of rotatable bonds is 29. The van der Waals surface area contributed by atoms with E-state index in [1.54, 1.807) is 130 Å². The monoisotopic (exact) mass is 1610 g/mol. The minimum absolute atomic E-state index is 0.0629. The number of aromatic nitrogens is 4. The number of ether oxygens (including phenoxy) is 1. The number of aryl methyl sites for hydroxylation is 5. The van der Waals surface area contributed by atoms with Crippen LogP contribution in [0, 0.1) is 51.9 Å². The van der Waals surface area contributed by atoms with E-state index in [9.17, 15) is 55.9 Å². The summed E-state index contributed by atoms with van der Waals surface area (Å²) in [5, 5.41) is 0.455. The smallest absolute Gasteiger partial charge is 0.226 e. The molecule has 12 fully saturated rings. The Kier molecular flexibility index (Phi) is 24.0. The quantitative estimate of drug-likeness (QED) is 0.0339. The van der Waals surface area contributed by atoms with Crippen LogP contribution >= 0.6 is 11.6 Å². The van der Waals surface area contributed by atoms with Crippen molar-refractivity contribution in [1.29, 1.82) is 0 Å². The fourth-order valence-electron chi connectivity index (χ4n) is 20.4. The predicted octanol–water partition coefficient (Wildman–Crippen LogP) is 17.4. The van der Waals surface area contributed by atoms with Gasteiger partial charge in [0, 0.05) is 137 Å². The number of carbonyl (C=O) groups excluding carboxylic acids is 8. The molecule has 4 heterocycles. The van der Waals surface area contributed by atoms with Gasteiger partial charge in [-0.2, -0.15) is 0 Å². The molecule has 12 saturated carbocycles. The lowest BCUT2D eigenvalue weighted by atomic mass is 9.32. The van der Waals surface area contributed by atoms with Crippen molar-refractivity contribution in [2.45, 2.75) is 210 Å². The highest BCUT2D eigenvalue weighted by atomic mass is 35.5. The van der Waals surface area contributed by atoms with E-state index in [0.717, 1.165) is 134 Å². The van der Waals surface area contributed by atoms with Gasteiger partial charge in [0.15, 0.2) is 0 Å². The van der Waals surface area contributed by atoms with Crippen LogP contribution in [0.15, 0.2) is 146 Å². The first-order valence-corrected chi connectivity index (χ1v) is 41.2. The molecule has 0 unspecified atom stereocenters. The van der Waals surface area contributed by atoms with Crippen LogP contribution in [-0.4, -0.2) is 102 Å². The van der Waals surface area contributed by atoms with E-state index in [-0.39, 0.29) is 108 Å². The van der Waals surface area contributed by atoms with Crippen LogP contribution in [0.25, 0.3) is 0 Å². The number of nitrogens with two attached hydrogens (primary N) is 1. The number of pyridine rings is 4. The van der Waals surface area contributed by atoms with Gasteiger partial charge in [-0.15, -0.1) is 0 Å². The van der Waals surface area contributed by atoms with Gasteiger partial charge >= 0.3 is 0 Å². The molecule has 0 atom stereocenters. The normalized spacial score (nSPS) is 24.3. The summed E-state index contributed by atoms with van der Waals surface area (Å²) in [7, 11) is 7.96. The zero-order valence-electron chi connectivity index (χ0n) is 68.5. The molecule has 12 aliphatic rings. The number of hydrogen-bond acceptors (Lipinski definition) is 14. The standard InChI is InChI=1S/C24H27FN2O3.C24H27FN2O2.C23H24ClFN2O2.C23H26FN3O2/c1-4-21(29)27(2)19-9-8-17(12-18(19)25)23-13-24(14-23,15-23)20(28)10-7-16-6-5-11-26-22(16)30-3;1-4-22(29)27(3)20-9-8-18(12-19(20)25)23-13-24(14-23,15-23)21(28)10-7-17-6-5-11-26-16(17)2;1-3-20(29)27(2)18-8-7-16(11-17(18)25)22-12-23(13-22,14-22)19(28)9-6-15-5-4-10-26-21(15)24;1-3-20(29)27(2)18-8-7-16(11-17(18)24)22-12-23(13-22,14-22)19(28)9-6-15-5-4-10-26-21(15)25/h5-6,8-9,11-12H,4,7,10,13-15H2,1-3H3;5-6,8-9,11-12H,4,7,10,13-15H2,1-3H3;4-5,7-8,10-11H,3,6,9,12-14H2,1-2H3;4-5,7-8,10-11H,3,6,9,12-14H2,1-2H3,(H2,25,26). The number of methoxy groups -OCH3 is 1. The third-order valence-corrected chi connectivity index (χ3v) is 27.6. The molecule has 8 aromatic rings. The van der Waals surface area contributed by atoms with Crippen LogP contribution in [0.4, 0.5) is 46.1 Å². The molecule has 0 spiro atoms. The molecule has 2 N–H and O–H groups in total. The summed E-state index contributed by atoms with van der Waals surface area (Å²) >= 11 is 6.08. The Labute approximate surface area is 687 Å². The van der Waals surface area contributed by atoms with Gasteiger partial charge in [0.2, 0.25) is 29.5 Å². The van der Waals surface area contributed by atoms with Crippen LogP contribution in [0.2, 0.25) is 5.15 Å². The van der Waals surface area contributed by atoms with Crippen molar-refractivity contribution in [2.75, 3.05) is 60.6 Å². The van der Waals surface area contributed by atoms with E-state index in [2.05, 4.69) is 19.9 Å². The van der Waals surface area contributed by atoms with Crippen molar-refractivity contribution in [3.63, 3.8) is 0 Å². The van der Waals surface area contributed by atoms with Gasteiger partial charge < -0.3 is 30.1 Å². The van der Waals surface area contributed by atoms with E-state index in [0.29, 0.717) is 116 Å². The fraction of sp³-hybridized carbons (Fsp3) is 0.447. The topological polar surface area (TPSA) is 236 Å². The van der Waals surface area contributed by atoms with E-state index in [1.165, 1.54) is 25.7 Å². The molecule has 4 amide bonds. The average molecular weight is 1620 g/mol. The summed E-state index contributed by atoms with van der Waals surface area (Å²) in [6.45, 7) is 9.00. The molecule has 23 heteroatoms. The van der Waals surface area contributed by atoms with Gasteiger partial charge in [0.05, 0.1) is 29.9 Å². The van der Waals surface area contributed by atoms with Crippen molar-refractivity contribution >= 4 is 86.9 Å². The Morgan fingerprint density at radius 3 is 0.940 bits per heavy atom. The van der Waals surface area contributed by atoms with Gasteiger partial charge in [0.1, 0.15) is 57.4 Å². The molecule has 12 aliphatic carbocycles. The Morgan fingerprint density at radius 2 is 0.650 bits per heavy atom. The highest BCUT2D eigenvalue weighted by molar-refractivity contribution is 6.30. The van der Waals surface area contributed by atoms with Gasteiger partial charge in [-0.05, 0) is 243 Å². The van der Waals surface area contributed by atoms with Gasteiger partial charge in [0.25, 0.3) is 0 Å². The molecule has 0 saturated heterocycles. The molecule has 4 aromatic heterocycles. The van der Waals surface area contributed by atoms with Crippen LogP contribution < -0.4 is 30.1 Å². The highest BCUT2D eigenvalue weighted by Gasteiger charge is 2.74. The molecule has 0 aliphatic heterocycles. The van der Waals surface area contributed by atoms with E-state index >= 15 is 0 Å². The summed E-state index contributed by atoms with van der Waals surface area (Å²) in [5.41, 5.74) is 14.4. The first-order valence-electron chi connectivity index (χ1n) is 40.8. The van der Waals surface area contributed by atoms with Crippen molar-refractivity contribution in [3.8, 4) is 5.88 Å². The van der Waals surface area contributed by atoms with Gasteiger partial charge in [-0.25, -0.2) is 32.5 Å². The maximum Gasteiger partial charge on any atom is 0.226 e. The number of nitrogens with zero attached hydrogens (tertiary/aromatic N) is 8. The van der Waals surface area contributed by atoms with E-state index in [4.69, 9.17) is 22.1 Å². The number of anilines is 5. The minimum Gasteiger partial charge on any atom is -0.481 e. The fourth-order valence-corrected chi connectivity index (χ4v) is 20.6. The van der Waals surface area contributed by atoms with Gasteiger partial charge in [-0.3, -0.25) is 43.3 Å². The second-order valence-corrected chi connectivity index (χ2v) is 34.7. The lowest BCUT2D eigenvalue weighted by molar-refractivity contribution is -0.173. The van der Waals surface area contributed by atoms with Crippen molar-refractivity contribution < 1.29 is 60.7 Å². The first kappa shape index (κ1) is 84.6. The summed E-state index contributed by atoms with van der Waals surface area (Å²) in [6.07, 6.45) is 22.0. The summed E-state index contributed by atoms with van der Waals surface area (Å²) in [5.74, 6) is 0.185. The summed E-state index contributed by atoms with van der Waals surface area (Å²) < 4.78 is 63.8. The predicted molar refractivity (Wildman–Crippen MR) is 443 cm³/mol. The lowest BCUT2D eigenvalue weighted by Gasteiger charge is -2.70. The molecular formula is C94H104ClF4N9O9.